The fourth-order valence-electron chi connectivity index (χ4n) is 3.11. The van der Waals surface area contributed by atoms with E-state index in [4.69, 9.17) is 9.47 Å². The summed E-state index contributed by atoms with van der Waals surface area (Å²) in [6.45, 7) is 5.90. The molecule has 4 nitrogen and oxygen atoms in total. The van der Waals surface area contributed by atoms with Gasteiger partial charge >= 0.3 is 0 Å². The molecule has 1 aliphatic heterocycles. The zero-order chi connectivity index (χ0) is 17.6. The van der Waals surface area contributed by atoms with E-state index in [1.165, 1.54) is 17.5 Å². The number of carbonyl (C=O) groups is 1. The van der Waals surface area contributed by atoms with Gasteiger partial charge in [0.1, 0.15) is 17.2 Å². The average molecular weight is 339 g/mol. The van der Waals surface area contributed by atoms with Crippen LogP contribution in [0.25, 0.3) is 0 Å². The second-order valence-corrected chi connectivity index (χ2v) is 6.63. The Morgan fingerprint density at radius 3 is 2.12 bits per heavy atom. The van der Waals surface area contributed by atoms with Gasteiger partial charge in [0.2, 0.25) is 0 Å². The van der Waals surface area contributed by atoms with Gasteiger partial charge in [-0.05, 0) is 80.6 Å². The standard InChI is InChI=1S/C21H25NO3/c1-16-12-17(2)14-20(13-16)25-19-8-6-18(7-9-19)24-15-21(23)22-10-4-3-5-11-22/h6-9,12-14H,3-5,10-11,15H2,1-2H3. The second kappa shape index (κ2) is 8.06. The van der Waals surface area contributed by atoms with Gasteiger partial charge in [0.05, 0.1) is 0 Å². The number of benzene rings is 2. The molecule has 1 heterocycles. The molecule has 0 aliphatic carbocycles. The number of rotatable bonds is 5. The highest BCUT2D eigenvalue weighted by molar-refractivity contribution is 5.77. The monoisotopic (exact) mass is 339 g/mol. The highest BCUT2D eigenvalue weighted by Crippen LogP contribution is 2.25. The number of hydrogen-bond donors (Lipinski definition) is 0. The highest BCUT2D eigenvalue weighted by atomic mass is 16.5. The molecule has 0 aromatic heterocycles. The molecule has 132 valence electrons. The third-order valence-corrected chi connectivity index (χ3v) is 4.33. The number of piperidine rings is 1. The van der Waals surface area contributed by atoms with Crippen molar-refractivity contribution in [3.05, 3.63) is 53.6 Å². The van der Waals surface area contributed by atoms with Gasteiger partial charge in [0.15, 0.2) is 6.61 Å². The van der Waals surface area contributed by atoms with Crippen LogP contribution in [0, 0.1) is 13.8 Å². The number of nitrogens with zero attached hydrogens (tertiary/aromatic N) is 1. The van der Waals surface area contributed by atoms with Crippen LogP contribution in [0.3, 0.4) is 0 Å². The van der Waals surface area contributed by atoms with Crippen LogP contribution in [-0.4, -0.2) is 30.5 Å². The summed E-state index contributed by atoms with van der Waals surface area (Å²) in [5.74, 6) is 2.32. The van der Waals surface area contributed by atoms with Gasteiger partial charge in [-0.2, -0.15) is 0 Å². The molecule has 0 saturated carbocycles. The molecule has 0 N–H and O–H groups in total. The molecule has 2 aromatic rings. The van der Waals surface area contributed by atoms with Crippen LogP contribution in [-0.2, 0) is 4.79 Å². The van der Waals surface area contributed by atoms with Crippen LogP contribution in [0.5, 0.6) is 17.2 Å². The van der Waals surface area contributed by atoms with Crippen molar-refractivity contribution in [1.29, 1.82) is 0 Å². The molecule has 1 saturated heterocycles. The third-order valence-electron chi connectivity index (χ3n) is 4.33. The van der Waals surface area contributed by atoms with E-state index in [-0.39, 0.29) is 12.5 Å². The van der Waals surface area contributed by atoms with Gasteiger partial charge in [-0.15, -0.1) is 0 Å². The molecule has 0 unspecified atom stereocenters. The number of likely N-dealkylation sites (tertiary alicyclic amines) is 1. The van der Waals surface area contributed by atoms with Gasteiger partial charge in [0, 0.05) is 13.1 Å². The number of hydrogen-bond acceptors (Lipinski definition) is 3. The van der Waals surface area contributed by atoms with E-state index in [0.29, 0.717) is 5.75 Å². The fourth-order valence-corrected chi connectivity index (χ4v) is 3.11. The molecule has 0 radical (unpaired) electrons. The summed E-state index contributed by atoms with van der Waals surface area (Å²) in [5.41, 5.74) is 2.34. The summed E-state index contributed by atoms with van der Waals surface area (Å²) in [4.78, 5) is 14.0. The zero-order valence-electron chi connectivity index (χ0n) is 15.0. The lowest BCUT2D eigenvalue weighted by molar-refractivity contribution is -0.134. The molecule has 0 spiro atoms. The summed E-state index contributed by atoms with van der Waals surface area (Å²) < 4.78 is 11.5. The molecular formula is C21H25NO3. The highest BCUT2D eigenvalue weighted by Gasteiger charge is 2.16. The van der Waals surface area contributed by atoms with Gasteiger partial charge in [0.25, 0.3) is 5.91 Å². The van der Waals surface area contributed by atoms with Gasteiger partial charge in [-0.25, -0.2) is 0 Å². The summed E-state index contributed by atoms with van der Waals surface area (Å²) in [6, 6.07) is 13.5. The Kier molecular flexibility index (Phi) is 5.59. The maximum absolute atomic E-state index is 12.1. The van der Waals surface area contributed by atoms with E-state index in [1.54, 1.807) is 0 Å². The largest absolute Gasteiger partial charge is 0.484 e. The Labute approximate surface area is 149 Å². The smallest absolute Gasteiger partial charge is 0.260 e. The Morgan fingerprint density at radius 2 is 1.48 bits per heavy atom. The molecule has 25 heavy (non-hydrogen) atoms. The van der Waals surface area contributed by atoms with E-state index < -0.39 is 0 Å². The van der Waals surface area contributed by atoms with Crippen molar-refractivity contribution in [3.8, 4) is 17.2 Å². The molecule has 4 heteroatoms. The molecule has 1 fully saturated rings. The first-order chi connectivity index (χ1) is 12.1. The Morgan fingerprint density at radius 1 is 0.880 bits per heavy atom. The maximum Gasteiger partial charge on any atom is 0.260 e. The minimum absolute atomic E-state index is 0.0651. The van der Waals surface area contributed by atoms with Crippen molar-refractivity contribution in [2.75, 3.05) is 19.7 Å². The van der Waals surface area contributed by atoms with Crippen molar-refractivity contribution in [1.82, 2.24) is 4.90 Å². The first kappa shape index (κ1) is 17.3. The molecule has 1 aliphatic rings. The van der Waals surface area contributed by atoms with Crippen LogP contribution in [0.4, 0.5) is 0 Å². The quantitative estimate of drug-likeness (QED) is 0.806. The SMILES string of the molecule is Cc1cc(C)cc(Oc2ccc(OCC(=O)N3CCCCC3)cc2)c1. The van der Waals surface area contributed by atoms with E-state index in [9.17, 15) is 4.79 Å². The normalized spacial score (nSPS) is 14.2. The fraction of sp³-hybridized carbons (Fsp3) is 0.381. The number of amides is 1. The first-order valence-electron chi connectivity index (χ1n) is 8.87. The lowest BCUT2D eigenvalue weighted by atomic mass is 10.1. The zero-order valence-corrected chi connectivity index (χ0v) is 15.0. The minimum atomic E-state index is 0.0651. The third kappa shape index (κ3) is 4.99. The van der Waals surface area contributed by atoms with Crippen molar-refractivity contribution in [2.24, 2.45) is 0 Å². The van der Waals surface area contributed by atoms with Crippen LogP contribution in [0.15, 0.2) is 42.5 Å². The van der Waals surface area contributed by atoms with E-state index in [0.717, 1.165) is 37.4 Å². The number of ether oxygens (including phenoxy) is 2. The molecule has 0 bridgehead atoms. The Hall–Kier alpha value is -2.49. The Balaban J connectivity index is 1.54. The number of carbonyl (C=O) groups excluding carboxylic acids is 1. The van der Waals surface area contributed by atoms with Gasteiger partial charge < -0.3 is 14.4 Å². The van der Waals surface area contributed by atoms with Gasteiger partial charge in [-0.3, -0.25) is 4.79 Å². The van der Waals surface area contributed by atoms with Crippen LogP contribution >= 0.6 is 0 Å². The van der Waals surface area contributed by atoms with E-state index >= 15 is 0 Å². The van der Waals surface area contributed by atoms with Crippen LogP contribution < -0.4 is 9.47 Å². The molecule has 0 atom stereocenters. The predicted octanol–water partition coefficient (Wildman–Crippen LogP) is 4.49. The summed E-state index contributed by atoms with van der Waals surface area (Å²) in [6.07, 6.45) is 3.40. The molecular weight excluding hydrogens is 314 g/mol. The lowest BCUT2D eigenvalue weighted by Gasteiger charge is -2.26. The summed E-state index contributed by atoms with van der Waals surface area (Å²) >= 11 is 0. The predicted molar refractivity (Wildman–Crippen MR) is 98.4 cm³/mol. The average Bonchev–Trinajstić information content (AvgIpc) is 2.61. The molecule has 2 aromatic carbocycles. The van der Waals surface area contributed by atoms with Crippen LogP contribution in [0.1, 0.15) is 30.4 Å². The van der Waals surface area contributed by atoms with E-state index in [1.807, 2.05) is 41.3 Å². The lowest BCUT2D eigenvalue weighted by Crippen LogP contribution is -2.38. The van der Waals surface area contributed by atoms with Crippen molar-refractivity contribution < 1.29 is 14.3 Å². The molecule has 3 rings (SSSR count). The number of aryl methyl sites for hydroxylation is 2. The Bertz CT molecular complexity index is 698. The summed E-state index contributed by atoms with van der Waals surface area (Å²) in [5, 5.41) is 0. The van der Waals surface area contributed by atoms with Crippen molar-refractivity contribution in [3.63, 3.8) is 0 Å². The van der Waals surface area contributed by atoms with Gasteiger partial charge in [-0.1, -0.05) is 6.07 Å². The summed E-state index contributed by atoms with van der Waals surface area (Å²) in [7, 11) is 0. The minimum Gasteiger partial charge on any atom is -0.484 e. The van der Waals surface area contributed by atoms with Crippen molar-refractivity contribution >= 4 is 5.91 Å². The van der Waals surface area contributed by atoms with Crippen LogP contribution in [0.2, 0.25) is 0 Å². The van der Waals surface area contributed by atoms with Crippen molar-refractivity contribution in [2.45, 2.75) is 33.1 Å². The molecule has 1 amide bonds. The second-order valence-electron chi connectivity index (χ2n) is 6.63. The first-order valence-corrected chi connectivity index (χ1v) is 8.87. The maximum atomic E-state index is 12.1. The topological polar surface area (TPSA) is 38.8 Å². The van der Waals surface area contributed by atoms with E-state index in [2.05, 4.69) is 19.9 Å².